The maximum atomic E-state index is 12.9. The number of rotatable bonds is 57. The normalized spacial score (nSPS) is 12.4. The van der Waals surface area contributed by atoms with Gasteiger partial charge in [0.05, 0.1) is 0 Å². The molecule has 0 aromatic carbocycles. The Kier molecular flexibility index (Phi) is 58.2. The van der Waals surface area contributed by atoms with Crippen LogP contribution >= 0.6 is 0 Å². The van der Waals surface area contributed by atoms with Crippen LogP contribution in [0.4, 0.5) is 0 Å². The number of ether oxygens (including phenoxy) is 3. The highest BCUT2D eigenvalue weighted by Crippen LogP contribution is 2.17. The third-order valence-electron chi connectivity index (χ3n) is 13.7. The van der Waals surface area contributed by atoms with E-state index in [0.717, 1.165) is 83.5 Å². The lowest BCUT2D eigenvalue weighted by atomic mass is 10.0. The lowest BCUT2D eigenvalue weighted by Crippen LogP contribution is -2.30. The largest absolute Gasteiger partial charge is 0.462 e. The average molecular weight is 1010 g/mol. The number of hydrogen-bond donors (Lipinski definition) is 0. The lowest BCUT2D eigenvalue weighted by Gasteiger charge is -2.18. The minimum Gasteiger partial charge on any atom is -0.462 e. The molecule has 72 heavy (non-hydrogen) atoms. The predicted octanol–water partition coefficient (Wildman–Crippen LogP) is 21.2. The van der Waals surface area contributed by atoms with E-state index in [1.54, 1.807) is 0 Å². The van der Waals surface area contributed by atoms with Gasteiger partial charge in [-0.05, 0) is 89.9 Å². The third kappa shape index (κ3) is 58.0. The van der Waals surface area contributed by atoms with E-state index in [2.05, 4.69) is 81.5 Å². The molecule has 418 valence electrons. The molecule has 0 saturated carbocycles. The summed E-state index contributed by atoms with van der Waals surface area (Å²) in [6.07, 6.45) is 76.4. The van der Waals surface area contributed by atoms with E-state index in [1.807, 2.05) is 0 Å². The van der Waals surface area contributed by atoms with Gasteiger partial charge in [0.25, 0.3) is 0 Å². The molecule has 0 rings (SSSR count). The standard InChI is InChI=1S/C66H118O6/c1-4-7-10-13-16-19-22-25-28-31-33-35-38-41-44-47-50-53-56-59-65(68)71-62-63(61-70-64(67)58-55-52-49-46-43-40-37-30-27-24-21-18-15-12-9-6-3)72-66(69)60-57-54-51-48-45-42-39-36-34-32-29-26-23-20-17-14-11-8-5-2/h16,19,25-26,28-29,33,35,41,44,63H,4-15,17-18,20-24,27,30-32,34,36-40,42-43,45-62H2,1-3H3/b19-16-,28-25-,29-26-,35-33-,44-41-/t63-/m1/s1. The summed E-state index contributed by atoms with van der Waals surface area (Å²) in [6.45, 7) is 6.62. The number of carbonyl (C=O) groups is 3. The first-order chi connectivity index (χ1) is 35.5. The Morgan fingerprint density at radius 1 is 0.278 bits per heavy atom. The summed E-state index contributed by atoms with van der Waals surface area (Å²) in [5.41, 5.74) is 0. The fourth-order valence-corrected chi connectivity index (χ4v) is 9.01. The van der Waals surface area contributed by atoms with Crippen LogP contribution in [0.2, 0.25) is 0 Å². The molecule has 0 bridgehead atoms. The van der Waals surface area contributed by atoms with Crippen molar-refractivity contribution < 1.29 is 28.6 Å². The minimum atomic E-state index is -0.788. The Morgan fingerprint density at radius 2 is 0.500 bits per heavy atom. The van der Waals surface area contributed by atoms with Gasteiger partial charge in [-0.25, -0.2) is 0 Å². The minimum absolute atomic E-state index is 0.0821. The highest BCUT2D eigenvalue weighted by atomic mass is 16.6. The van der Waals surface area contributed by atoms with Crippen molar-refractivity contribution in [2.75, 3.05) is 13.2 Å². The van der Waals surface area contributed by atoms with Crippen LogP contribution < -0.4 is 0 Å². The molecule has 0 aromatic heterocycles. The first kappa shape index (κ1) is 69.1. The van der Waals surface area contributed by atoms with Gasteiger partial charge in [0.1, 0.15) is 13.2 Å². The van der Waals surface area contributed by atoms with E-state index in [4.69, 9.17) is 14.2 Å². The van der Waals surface area contributed by atoms with Crippen LogP contribution in [-0.4, -0.2) is 37.2 Å². The van der Waals surface area contributed by atoms with Gasteiger partial charge in [-0.15, -0.1) is 0 Å². The van der Waals surface area contributed by atoms with Crippen molar-refractivity contribution in [2.45, 2.75) is 329 Å². The fraction of sp³-hybridized carbons (Fsp3) is 0.803. The van der Waals surface area contributed by atoms with Gasteiger partial charge in [0.15, 0.2) is 6.10 Å². The van der Waals surface area contributed by atoms with Gasteiger partial charge in [-0.3, -0.25) is 14.4 Å². The molecule has 6 heteroatoms. The fourth-order valence-electron chi connectivity index (χ4n) is 9.01. The quantitative estimate of drug-likeness (QED) is 0.0261. The van der Waals surface area contributed by atoms with E-state index in [1.165, 1.54) is 199 Å². The van der Waals surface area contributed by atoms with Crippen LogP contribution in [0.3, 0.4) is 0 Å². The summed E-state index contributed by atoms with van der Waals surface area (Å²) in [7, 11) is 0. The van der Waals surface area contributed by atoms with Gasteiger partial charge in [0, 0.05) is 19.3 Å². The van der Waals surface area contributed by atoms with Crippen LogP contribution in [0.25, 0.3) is 0 Å². The molecule has 0 radical (unpaired) electrons. The first-order valence-corrected chi connectivity index (χ1v) is 31.3. The van der Waals surface area contributed by atoms with Crippen LogP contribution in [0.1, 0.15) is 323 Å². The van der Waals surface area contributed by atoms with Crippen molar-refractivity contribution in [3.05, 3.63) is 60.8 Å². The molecular formula is C66H118O6. The van der Waals surface area contributed by atoms with Gasteiger partial charge < -0.3 is 14.2 Å². The van der Waals surface area contributed by atoms with Crippen LogP contribution in [0, 0.1) is 0 Å². The molecule has 0 aliphatic heterocycles. The molecule has 0 fully saturated rings. The van der Waals surface area contributed by atoms with E-state index < -0.39 is 6.10 Å². The number of hydrogen-bond acceptors (Lipinski definition) is 6. The summed E-state index contributed by atoms with van der Waals surface area (Å²) in [6, 6.07) is 0. The predicted molar refractivity (Wildman–Crippen MR) is 312 cm³/mol. The van der Waals surface area contributed by atoms with Crippen LogP contribution in [0.5, 0.6) is 0 Å². The van der Waals surface area contributed by atoms with E-state index in [-0.39, 0.29) is 31.1 Å². The maximum Gasteiger partial charge on any atom is 0.306 e. The topological polar surface area (TPSA) is 78.9 Å². The molecule has 1 atom stereocenters. The molecule has 0 N–H and O–H groups in total. The Bertz CT molecular complexity index is 1290. The number of unbranched alkanes of at least 4 members (excludes halogenated alkanes) is 36. The van der Waals surface area contributed by atoms with Gasteiger partial charge in [0.2, 0.25) is 0 Å². The number of carbonyl (C=O) groups excluding carboxylic acids is 3. The highest BCUT2D eigenvalue weighted by Gasteiger charge is 2.19. The van der Waals surface area contributed by atoms with Gasteiger partial charge in [-0.1, -0.05) is 274 Å². The summed E-state index contributed by atoms with van der Waals surface area (Å²) >= 11 is 0. The molecule has 0 unspecified atom stereocenters. The van der Waals surface area contributed by atoms with E-state index in [0.29, 0.717) is 19.3 Å². The zero-order valence-corrected chi connectivity index (χ0v) is 47.9. The van der Waals surface area contributed by atoms with Gasteiger partial charge >= 0.3 is 17.9 Å². The van der Waals surface area contributed by atoms with E-state index >= 15 is 0 Å². The summed E-state index contributed by atoms with van der Waals surface area (Å²) < 4.78 is 16.9. The molecule has 0 spiro atoms. The zero-order valence-electron chi connectivity index (χ0n) is 47.9. The Labute approximate surface area is 447 Å². The Morgan fingerprint density at radius 3 is 0.833 bits per heavy atom. The molecule has 0 aromatic rings. The monoisotopic (exact) mass is 1010 g/mol. The highest BCUT2D eigenvalue weighted by molar-refractivity contribution is 5.71. The van der Waals surface area contributed by atoms with Crippen molar-refractivity contribution in [3.63, 3.8) is 0 Å². The summed E-state index contributed by atoms with van der Waals surface area (Å²) in [4.78, 5) is 38.3. The molecular weight excluding hydrogens is 889 g/mol. The van der Waals surface area contributed by atoms with Crippen molar-refractivity contribution in [2.24, 2.45) is 0 Å². The molecule has 0 amide bonds. The Balaban J connectivity index is 4.41. The number of allylic oxidation sites excluding steroid dienone is 10. The molecule has 0 aliphatic rings. The van der Waals surface area contributed by atoms with Crippen molar-refractivity contribution in [1.82, 2.24) is 0 Å². The first-order valence-electron chi connectivity index (χ1n) is 31.3. The molecule has 0 aliphatic carbocycles. The van der Waals surface area contributed by atoms with E-state index in [9.17, 15) is 14.4 Å². The van der Waals surface area contributed by atoms with Gasteiger partial charge in [-0.2, -0.15) is 0 Å². The second kappa shape index (κ2) is 60.7. The maximum absolute atomic E-state index is 12.9. The summed E-state index contributed by atoms with van der Waals surface area (Å²) in [5.74, 6) is -0.899. The average Bonchev–Trinajstić information content (AvgIpc) is 3.38. The van der Waals surface area contributed by atoms with Crippen LogP contribution in [0.15, 0.2) is 60.8 Å². The Hall–Kier alpha value is -2.89. The second-order valence-electron chi connectivity index (χ2n) is 21.0. The summed E-state index contributed by atoms with van der Waals surface area (Å²) in [5, 5.41) is 0. The number of esters is 3. The van der Waals surface area contributed by atoms with Crippen LogP contribution in [-0.2, 0) is 28.6 Å². The lowest BCUT2D eigenvalue weighted by molar-refractivity contribution is -0.167. The molecule has 0 heterocycles. The zero-order chi connectivity index (χ0) is 52.2. The molecule has 0 saturated heterocycles. The van der Waals surface area contributed by atoms with Crippen molar-refractivity contribution in [3.8, 4) is 0 Å². The smallest absolute Gasteiger partial charge is 0.306 e. The second-order valence-corrected chi connectivity index (χ2v) is 21.0. The SMILES string of the molecule is CCCCC/C=C\C/C=C\C/C=C\C/C=C\CCCCCC(=O)OC[C@@H](COC(=O)CCCCCCCCCCCCCCCCCC)OC(=O)CCCCCCCCCCC/C=C\CCCCCCCC. The van der Waals surface area contributed by atoms with Crippen molar-refractivity contribution >= 4 is 17.9 Å². The molecule has 6 nitrogen and oxygen atoms in total. The van der Waals surface area contributed by atoms with Crippen molar-refractivity contribution in [1.29, 1.82) is 0 Å². The third-order valence-corrected chi connectivity index (χ3v) is 13.7.